The van der Waals surface area contributed by atoms with Crippen molar-refractivity contribution in [1.82, 2.24) is 15.1 Å². The van der Waals surface area contributed by atoms with Gasteiger partial charge in [-0.15, -0.1) is 0 Å². The fourth-order valence-electron chi connectivity index (χ4n) is 2.39. The van der Waals surface area contributed by atoms with Crippen LogP contribution >= 0.6 is 0 Å². The minimum absolute atomic E-state index is 0.107. The van der Waals surface area contributed by atoms with E-state index in [4.69, 9.17) is 9.84 Å². The van der Waals surface area contributed by atoms with Crippen molar-refractivity contribution in [2.75, 3.05) is 40.9 Å². The number of aliphatic carboxylic acids is 1. The van der Waals surface area contributed by atoms with Crippen molar-refractivity contribution < 1.29 is 24.2 Å². The number of carbonyl (C=O) groups is 3. The lowest BCUT2D eigenvalue weighted by atomic mass is 10.0. The molecule has 2 N–H and O–H groups in total. The minimum Gasteiger partial charge on any atom is -0.481 e. The van der Waals surface area contributed by atoms with Crippen LogP contribution in [0.5, 0.6) is 0 Å². The molecule has 0 aliphatic carbocycles. The number of urea groups is 1. The predicted molar refractivity (Wildman–Crippen MR) is 74.8 cm³/mol. The Morgan fingerprint density at radius 3 is 2.48 bits per heavy atom. The van der Waals surface area contributed by atoms with E-state index in [-0.39, 0.29) is 37.6 Å². The van der Waals surface area contributed by atoms with Crippen LogP contribution < -0.4 is 5.32 Å². The van der Waals surface area contributed by atoms with Crippen molar-refractivity contribution in [3.8, 4) is 0 Å². The summed E-state index contributed by atoms with van der Waals surface area (Å²) in [5, 5.41) is 11.6. The first-order valence-corrected chi connectivity index (χ1v) is 6.79. The fraction of sp³-hybridized carbons (Fsp3) is 0.769. The number of carbonyl (C=O) groups excluding carboxylic acids is 2. The SMILES string of the molecule is CNC(=O)C(C)CN(C)C(=O)N(C)C1COCC1C(=O)O. The molecule has 1 heterocycles. The maximum Gasteiger partial charge on any atom is 0.319 e. The lowest BCUT2D eigenvalue weighted by Crippen LogP contribution is -2.50. The van der Waals surface area contributed by atoms with E-state index in [9.17, 15) is 14.4 Å². The first kappa shape index (κ1) is 17.2. The largest absolute Gasteiger partial charge is 0.481 e. The molecule has 3 amide bonds. The third-order valence-corrected chi connectivity index (χ3v) is 3.74. The average molecular weight is 301 g/mol. The van der Waals surface area contributed by atoms with E-state index in [0.29, 0.717) is 0 Å². The first-order chi connectivity index (χ1) is 9.79. The van der Waals surface area contributed by atoms with Gasteiger partial charge in [-0.3, -0.25) is 9.59 Å². The Hall–Kier alpha value is -1.83. The molecule has 8 heteroatoms. The first-order valence-electron chi connectivity index (χ1n) is 6.79. The van der Waals surface area contributed by atoms with E-state index in [1.54, 1.807) is 28.1 Å². The Bertz CT molecular complexity index is 415. The lowest BCUT2D eigenvalue weighted by molar-refractivity contribution is -0.142. The van der Waals surface area contributed by atoms with E-state index in [0.717, 1.165) is 0 Å². The minimum atomic E-state index is -0.974. The Morgan fingerprint density at radius 1 is 1.33 bits per heavy atom. The Balaban J connectivity index is 2.65. The Kier molecular flexibility index (Phi) is 5.95. The molecule has 1 rings (SSSR count). The number of hydrogen-bond donors (Lipinski definition) is 2. The van der Waals surface area contributed by atoms with Gasteiger partial charge in [0, 0.05) is 27.7 Å². The maximum atomic E-state index is 12.3. The number of amides is 3. The Labute approximate surface area is 124 Å². The molecule has 1 aliphatic heterocycles. The predicted octanol–water partition coefficient (Wildman–Crippen LogP) is -0.548. The second kappa shape index (κ2) is 7.26. The van der Waals surface area contributed by atoms with Crippen molar-refractivity contribution in [1.29, 1.82) is 0 Å². The van der Waals surface area contributed by atoms with Crippen LogP contribution in [-0.4, -0.2) is 79.8 Å². The van der Waals surface area contributed by atoms with Crippen molar-refractivity contribution in [3.05, 3.63) is 0 Å². The van der Waals surface area contributed by atoms with Crippen molar-refractivity contribution in [2.24, 2.45) is 11.8 Å². The molecule has 3 unspecified atom stereocenters. The van der Waals surface area contributed by atoms with Gasteiger partial charge in [0.2, 0.25) is 5.91 Å². The molecule has 0 aromatic heterocycles. The van der Waals surface area contributed by atoms with E-state index >= 15 is 0 Å². The number of rotatable bonds is 5. The summed E-state index contributed by atoms with van der Waals surface area (Å²) in [6, 6.07) is -0.819. The third kappa shape index (κ3) is 4.07. The third-order valence-electron chi connectivity index (χ3n) is 3.74. The molecular weight excluding hydrogens is 278 g/mol. The van der Waals surface area contributed by atoms with Crippen LogP contribution in [0.1, 0.15) is 6.92 Å². The maximum absolute atomic E-state index is 12.3. The summed E-state index contributed by atoms with van der Waals surface area (Å²) in [5.41, 5.74) is 0. The monoisotopic (exact) mass is 301 g/mol. The molecule has 0 aromatic carbocycles. The van der Waals surface area contributed by atoms with Gasteiger partial charge in [-0.2, -0.15) is 0 Å². The molecule has 8 nitrogen and oxygen atoms in total. The van der Waals surface area contributed by atoms with Crippen LogP contribution in [0.2, 0.25) is 0 Å². The van der Waals surface area contributed by atoms with Crippen LogP contribution in [0.15, 0.2) is 0 Å². The van der Waals surface area contributed by atoms with E-state index in [1.807, 2.05) is 0 Å². The van der Waals surface area contributed by atoms with Gasteiger partial charge in [0.05, 0.1) is 25.2 Å². The second-order valence-electron chi connectivity index (χ2n) is 5.34. The van der Waals surface area contributed by atoms with Crippen LogP contribution in [0.3, 0.4) is 0 Å². The number of carboxylic acid groups (broad SMARTS) is 1. The topological polar surface area (TPSA) is 99.2 Å². The molecule has 0 spiro atoms. The summed E-state index contributed by atoms with van der Waals surface area (Å²) >= 11 is 0. The summed E-state index contributed by atoms with van der Waals surface area (Å²) in [4.78, 5) is 37.7. The number of likely N-dealkylation sites (N-methyl/N-ethyl adjacent to an activating group) is 1. The van der Waals surface area contributed by atoms with Gasteiger partial charge >= 0.3 is 12.0 Å². The molecule has 1 aliphatic rings. The van der Waals surface area contributed by atoms with Gasteiger partial charge in [0.15, 0.2) is 0 Å². The summed E-state index contributed by atoms with van der Waals surface area (Å²) in [5.74, 6) is -2.18. The van der Waals surface area contributed by atoms with Crippen LogP contribution in [-0.2, 0) is 14.3 Å². The van der Waals surface area contributed by atoms with Crippen LogP contribution in [0, 0.1) is 11.8 Å². The molecule has 120 valence electrons. The highest BCUT2D eigenvalue weighted by atomic mass is 16.5. The molecule has 0 radical (unpaired) electrons. The molecule has 3 atom stereocenters. The van der Waals surface area contributed by atoms with Gasteiger partial charge in [0.25, 0.3) is 0 Å². The zero-order valence-corrected chi connectivity index (χ0v) is 12.8. The molecule has 1 saturated heterocycles. The summed E-state index contributed by atoms with van der Waals surface area (Å²) in [6.07, 6.45) is 0. The number of nitrogens with one attached hydrogen (secondary N) is 1. The number of hydrogen-bond acceptors (Lipinski definition) is 4. The molecular formula is C13H23N3O5. The van der Waals surface area contributed by atoms with Gasteiger partial charge < -0.3 is 25.0 Å². The summed E-state index contributed by atoms with van der Waals surface area (Å²) in [7, 11) is 4.68. The van der Waals surface area contributed by atoms with Crippen LogP contribution in [0.25, 0.3) is 0 Å². The zero-order chi connectivity index (χ0) is 16.2. The highest BCUT2D eigenvalue weighted by Gasteiger charge is 2.39. The molecule has 0 bridgehead atoms. The average Bonchev–Trinajstić information content (AvgIpc) is 2.93. The molecule has 0 saturated carbocycles. The van der Waals surface area contributed by atoms with Crippen molar-refractivity contribution in [2.45, 2.75) is 13.0 Å². The van der Waals surface area contributed by atoms with Gasteiger partial charge in [-0.1, -0.05) is 6.92 Å². The smallest absolute Gasteiger partial charge is 0.319 e. The van der Waals surface area contributed by atoms with Crippen molar-refractivity contribution >= 4 is 17.9 Å². The highest BCUT2D eigenvalue weighted by Crippen LogP contribution is 2.20. The standard InChI is InChI=1S/C13H23N3O5/c1-8(11(17)14-2)5-15(3)13(20)16(4)10-7-21-6-9(10)12(18)19/h8-10H,5-7H2,1-4H3,(H,14,17)(H,18,19). The lowest BCUT2D eigenvalue weighted by Gasteiger charge is -2.31. The van der Waals surface area contributed by atoms with E-state index in [2.05, 4.69) is 5.32 Å². The summed E-state index contributed by atoms with van der Waals surface area (Å²) in [6.45, 7) is 2.30. The molecule has 0 aromatic rings. The van der Waals surface area contributed by atoms with Gasteiger partial charge in [-0.25, -0.2) is 4.79 Å². The van der Waals surface area contributed by atoms with Crippen molar-refractivity contribution in [3.63, 3.8) is 0 Å². The zero-order valence-electron chi connectivity index (χ0n) is 12.8. The second-order valence-corrected chi connectivity index (χ2v) is 5.34. The highest BCUT2D eigenvalue weighted by molar-refractivity contribution is 5.80. The van der Waals surface area contributed by atoms with Gasteiger partial charge in [-0.05, 0) is 0 Å². The fourth-order valence-corrected chi connectivity index (χ4v) is 2.39. The van der Waals surface area contributed by atoms with Gasteiger partial charge in [0.1, 0.15) is 5.92 Å². The molecule has 1 fully saturated rings. The number of carboxylic acids is 1. The quantitative estimate of drug-likeness (QED) is 0.710. The molecule has 21 heavy (non-hydrogen) atoms. The summed E-state index contributed by atoms with van der Waals surface area (Å²) < 4.78 is 5.16. The van der Waals surface area contributed by atoms with Crippen LogP contribution in [0.4, 0.5) is 4.79 Å². The number of nitrogens with zero attached hydrogens (tertiary/aromatic N) is 2. The number of ether oxygens (including phenoxy) is 1. The van der Waals surface area contributed by atoms with E-state index < -0.39 is 17.9 Å². The Morgan fingerprint density at radius 2 is 1.95 bits per heavy atom. The normalized spacial score (nSPS) is 22.5. The van der Waals surface area contributed by atoms with E-state index in [1.165, 1.54) is 9.80 Å².